The van der Waals surface area contributed by atoms with E-state index in [1.807, 2.05) is 66.0 Å². The van der Waals surface area contributed by atoms with Crippen LogP contribution in [0.3, 0.4) is 0 Å². The van der Waals surface area contributed by atoms with Crippen molar-refractivity contribution in [2.75, 3.05) is 85.8 Å². The lowest BCUT2D eigenvalue weighted by Crippen LogP contribution is -2.46. The molecule has 137 heavy (non-hydrogen) atoms. The van der Waals surface area contributed by atoms with Gasteiger partial charge in [0.2, 0.25) is 47.3 Å². The molecule has 38 nitrogen and oxygen atoms in total. The van der Waals surface area contributed by atoms with Crippen molar-refractivity contribution in [1.82, 2.24) is 80.1 Å². The molecule has 9 aliphatic rings. The number of pyridine rings is 4. The van der Waals surface area contributed by atoms with E-state index in [1.54, 1.807) is 189 Å². The summed E-state index contributed by atoms with van der Waals surface area (Å²) in [6, 6.07) is 48.2. The third kappa shape index (κ3) is 15.6. The summed E-state index contributed by atoms with van der Waals surface area (Å²) in [5, 5.41) is 15.7. The minimum atomic E-state index is -1.36. The molecule has 20 heterocycles. The fraction of sp³-hybridized carbons (Fsp3) is 0.245. The van der Waals surface area contributed by atoms with E-state index in [4.69, 9.17) is 46.3 Å². The van der Waals surface area contributed by atoms with Crippen molar-refractivity contribution in [1.29, 1.82) is 0 Å². The number of morpholine rings is 1. The second-order valence-electron chi connectivity index (χ2n) is 34.5. The highest BCUT2D eigenvalue weighted by molar-refractivity contribution is 7.13. The molecule has 0 radical (unpaired) electrons. The van der Waals surface area contributed by atoms with E-state index in [1.165, 1.54) is 14.2 Å². The Morgan fingerprint density at radius 3 is 1.07 bits per heavy atom. The molecule has 24 rings (SSSR count). The number of nitrogens with one attached hydrogen (secondary N) is 4. The molecular weight excluding hydrogens is 1780 g/mol. The van der Waals surface area contributed by atoms with Crippen LogP contribution in [0.15, 0.2) is 218 Å². The number of fused-ring (bicyclic) bond motifs is 8. The minimum absolute atomic E-state index is 0.00536. The highest BCUT2D eigenvalue weighted by Gasteiger charge is 2.58. The van der Waals surface area contributed by atoms with Gasteiger partial charge < -0.3 is 65.9 Å². The number of anilines is 1. The van der Waals surface area contributed by atoms with Gasteiger partial charge in [-0.2, -0.15) is 5.10 Å². The number of rotatable bonds is 20. The Kier molecular flexibility index (Phi) is 21.8. The molecule has 0 unspecified atom stereocenters. The molecule has 39 heteroatoms. The summed E-state index contributed by atoms with van der Waals surface area (Å²) in [7, 11) is 6.16. The molecule has 0 aliphatic carbocycles. The topological polar surface area (TPSA) is 455 Å². The van der Waals surface area contributed by atoms with Crippen LogP contribution in [-0.4, -0.2) is 211 Å². The first kappa shape index (κ1) is 86.9. The fourth-order valence-electron chi connectivity index (χ4n) is 19.1. The van der Waals surface area contributed by atoms with Crippen LogP contribution in [0.5, 0.6) is 23.0 Å². The molecular formula is C98H81N17O21S. The van der Waals surface area contributed by atoms with Gasteiger partial charge in [0.05, 0.1) is 77.9 Å². The van der Waals surface area contributed by atoms with Crippen molar-refractivity contribution in [3.63, 3.8) is 0 Å². The summed E-state index contributed by atoms with van der Waals surface area (Å²) in [6.07, 6.45) is 8.01. The predicted molar refractivity (Wildman–Crippen MR) is 485 cm³/mol. The van der Waals surface area contributed by atoms with Crippen molar-refractivity contribution < 1.29 is 98.9 Å². The number of imide groups is 4. The maximum absolute atomic E-state index is 13.2. The molecule has 4 aromatic carbocycles. The molecule has 0 bridgehead atoms. The molecule has 9 aliphatic heterocycles. The zero-order chi connectivity index (χ0) is 94.5. The zero-order valence-corrected chi connectivity index (χ0v) is 74.5. The molecule has 5 fully saturated rings. The van der Waals surface area contributed by atoms with Crippen molar-refractivity contribution in [2.24, 2.45) is 0 Å². The monoisotopic (exact) mass is 1860 g/mol. The second kappa shape index (κ2) is 34.3. The summed E-state index contributed by atoms with van der Waals surface area (Å²) in [4.78, 5) is 187. The van der Waals surface area contributed by atoms with E-state index in [0.29, 0.717) is 158 Å². The number of hydrogen-bond donors (Lipinski definition) is 4. The highest BCUT2D eigenvalue weighted by atomic mass is 32.1. The number of imidazole rings is 1. The SMILES string of the molecule is COc1ccc2c(c1)C(=O)N(C[C@@]1(c3cc4nc(-c5cccs5)ccc4o3)CC(=O)NC1=O)C2.COc1ccc2c(c1)C(=O)N(C[C@@]1(c3cc4nc(-n5cccn5)ccc4o3)CC(=O)NC1=O)C2.COc1ccc2c(c1)C(=O)N(C[C@@]1(c3cc4nc(-n5ccnc5)ccc4o3)CC(=O)NC1=O)C2.COc1ccc2c(c1)C(=O)N(C[C@@]1(c3cc4nc(N5CCOCC5)ccc4o3)CC(=O)NC1=O)C2. The lowest BCUT2D eigenvalue weighted by Gasteiger charge is -2.28. The van der Waals surface area contributed by atoms with Crippen LogP contribution in [0, 0.1) is 0 Å². The number of carbonyl (C=O) groups excluding carboxylic acids is 12. The number of nitrogens with zero attached hydrogens (tertiary/aromatic N) is 13. The Hall–Kier alpha value is -16.8. The zero-order valence-electron chi connectivity index (χ0n) is 73.7. The number of furan rings is 4. The Morgan fingerprint density at radius 2 is 0.737 bits per heavy atom. The van der Waals surface area contributed by atoms with E-state index in [-0.39, 0.29) is 81.3 Å². The molecule has 4 atom stereocenters. The van der Waals surface area contributed by atoms with Crippen molar-refractivity contribution in [3.05, 3.63) is 268 Å². The smallest absolute Gasteiger partial charge is 0.254 e. The Bertz CT molecular complexity index is 7010. The van der Waals surface area contributed by atoms with Gasteiger partial charge in [0, 0.05) is 137 Å². The third-order valence-corrected chi connectivity index (χ3v) is 27.1. The van der Waals surface area contributed by atoms with Crippen molar-refractivity contribution >= 4 is 132 Å². The number of amides is 12. The lowest BCUT2D eigenvalue weighted by atomic mass is 9.82. The van der Waals surface area contributed by atoms with Crippen molar-refractivity contribution in [2.45, 2.75) is 73.5 Å². The second-order valence-corrected chi connectivity index (χ2v) is 35.4. The van der Waals surface area contributed by atoms with E-state index < -0.39 is 68.9 Å². The Labute approximate surface area is 779 Å². The van der Waals surface area contributed by atoms with Crippen LogP contribution in [0.2, 0.25) is 0 Å². The largest absolute Gasteiger partial charge is 0.497 e. The number of hydrogen-bond acceptors (Lipinski definition) is 29. The fourth-order valence-corrected chi connectivity index (χ4v) is 19.8. The molecule has 0 spiro atoms. The maximum Gasteiger partial charge on any atom is 0.254 e. The third-order valence-electron chi connectivity index (χ3n) is 26.2. The highest BCUT2D eigenvalue weighted by Crippen LogP contribution is 2.46. The number of ether oxygens (including phenoxy) is 5. The summed E-state index contributed by atoms with van der Waals surface area (Å²) in [5.41, 5.74) is 5.13. The van der Waals surface area contributed by atoms with Crippen LogP contribution >= 0.6 is 11.3 Å². The van der Waals surface area contributed by atoms with E-state index >= 15 is 0 Å². The van der Waals surface area contributed by atoms with Crippen LogP contribution in [0.4, 0.5) is 5.82 Å². The van der Waals surface area contributed by atoms with Gasteiger partial charge in [0.25, 0.3) is 23.6 Å². The first-order valence-corrected chi connectivity index (χ1v) is 44.5. The van der Waals surface area contributed by atoms with E-state index in [2.05, 4.69) is 51.2 Å². The summed E-state index contributed by atoms with van der Waals surface area (Å²) in [5.74, 6) is 1.13. The Balaban J connectivity index is 0.000000109. The lowest BCUT2D eigenvalue weighted by molar-refractivity contribution is -0.128. The molecule has 4 N–H and O–H groups in total. The van der Waals surface area contributed by atoms with Gasteiger partial charge in [0.15, 0.2) is 28.1 Å². The van der Waals surface area contributed by atoms with Crippen LogP contribution in [-0.2, 0) is 90.9 Å². The van der Waals surface area contributed by atoms with Gasteiger partial charge in [-0.05, 0) is 137 Å². The number of thiophene rings is 1. The standard InChI is InChI=1S/C25H24N4O6.C25H19N3O5S.2C24H19N5O5/c1-33-16-3-2-15-13-29(23(31)17(15)10-16)14-25(12-22(30)27-24(25)32)20-11-18-19(35-20)4-5-21(26-18)28-6-8-34-9-7-28;1-32-15-5-4-14-12-28(23(30)16(14)9-15)13-25(11-22(29)27-24(25)31)21-10-18-19(33-21)7-6-17(26-18)20-3-2-8-34-20;1-33-15-4-3-14-12-28(22(31)16(14)9-15)13-24(11-21(30)27-23(24)32)19-10-17-18(34-19)5-6-20(26-17)29-8-2-7-25-29;1-33-15-3-2-14-11-29(22(31)16(14)8-15)12-24(10-21(30)27-23(24)32)19-9-17-18(34-19)4-5-20(26-17)28-7-6-25-13-28/h2-5,10-11H,6-9,12-14H2,1H3,(H,27,30,32);2-10H,11-13H2,1H3,(H,27,29,31);2-10H,11-13H2,1H3,(H,27,30,32);2-9,13H,10-12H2,1H3,(H,27,30,32)/t2*25-;2*24-/m1111/s1. The van der Waals surface area contributed by atoms with Gasteiger partial charge in [-0.15, -0.1) is 11.3 Å². The number of methoxy groups -OCH3 is 4. The summed E-state index contributed by atoms with van der Waals surface area (Å²) in [6.45, 7) is 4.09. The molecule has 690 valence electrons. The summed E-state index contributed by atoms with van der Waals surface area (Å²) >= 11 is 1.58. The van der Waals surface area contributed by atoms with E-state index in [9.17, 15) is 57.5 Å². The maximum atomic E-state index is 13.2. The minimum Gasteiger partial charge on any atom is -0.497 e. The van der Waals surface area contributed by atoms with Gasteiger partial charge >= 0.3 is 0 Å². The number of aromatic nitrogens is 8. The van der Waals surface area contributed by atoms with Crippen LogP contribution in [0.25, 0.3) is 66.6 Å². The molecule has 15 aromatic rings. The van der Waals surface area contributed by atoms with Gasteiger partial charge in [-0.1, -0.05) is 30.3 Å². The number of benzene rings is 4. The average Bonchev–Trinajstić information content (AvgIpc) is 1.60. The summed E-state index contributed by atoms with van der Waals surface area (Å²) < 4.78 is 54.0. The first-order valence-electron chi connectivity index (χ1n) is 43.6. The molecule has 11 aromatic heterocycles. The van der Waals surface area contributed by atoms with Crippen LogP contribution in [0.1, 0.15) is 112 Å². The first-order chi connectivity index (χ1) is 66.4. The van der Waals surface area contributed by atoms with Gasteiger partial charge in [0.1, 0.15) is 108 Å². The average molecular weight is 1860 g/mol. The number of carbonyl (C=O) groups is 12. The normalized spacial score (nSPS) is 20.3. The van der Waals surface area contributed by atoms with Gasteiger partial charge in [-0.3, -0.25) is 83.4 Å². The quantitative estimate of drug-likeness (QED) is 0.0517. The van der Waals surface area contributed by atoms with Crippen LogP contribution < -0.4 is 45.1 Å². The molecule has 0 saturated carbocycles. The van der Waals surface area contributed by atoms with Crippen molar-refractivity contribution in [3.8, 4) is 45.2 Å². The molecule has 5 saturated heterocycles. The van der Waals surface area contributed by atoms with E-state index in [0.717, 1.165) is 51.7 Å². The van der Waals surface area contributed by atoms with Gasteiger partial charge in [-0.25, -0.2) is 29.6 Å². The Morgan fingerprint density at radius 1 is 0.380 bits per heavy atom. The molecule has 12 amide bonds. The predicted octanol–water partition coefficient (Wildman–Crippen LogP) is 9.04.